The van der Waals surface area contributed by atoms with Gasteiger partial charge in [0.2, 0.25) is 11.9 Å². The number of rotatable bonds is 4. The van der Waals surface area contributed by atoms with Crippen molar-refractivity contribution in [3.63, 3.8) is 0 Å². The third kappa shape index (κ3) is 2.67. The van der Waals surface area contributed by atoms with Crippen LogP contribution in [0.4, 0.5) is 5.95 Å². The van der Waals surface area contributed by atoms with Crippen molar-refractivity contribution in [1.82, 2.24) is 14.9 Å². The van der Waals surface area contributed by atoms with Gasteiger partial charge < -0.3 is 20.0 Å². The number of amides is 1. The van der Waals surface area contributed by atoms with Gasteiger partial charge in [0.05, 0.1) is 23.8 Å². The van der Waals surface area contributed by atoms with Gasteiger partial charge >= 0.3 is 0 Å². The largest absolute Gasteiger partial charge is 0.467 e. The maximum atomic E-state index is 12.1. The van der Waals surface area contributed by atoms with E-state index in [4.69, 9.17) is 10.2 Å². The Hall–Kier alpha value is -2.76. The number of hydrogen-bond donors (Lipinski definition) is 2. The number of aromatic nitrogens is 2. The minimum Gasteiger partial charge on any atom is -0.467 e. The van der Waals surface area contributed by atoms with E-state index in [0.29, 0.717) is 18.3 Å². The number of benzene rings is 1. The molecule has 3 rings (SSSR count). The molecule has 0 aliphatic rings. The maximum Gasteiger partial charge on any atom is 0.240 e. The highest BCUT2D eigenvalue weighted by atomic mass is 16.3. The predicted molar refractivity (Wildman–Crippen MR) is 84.2 cm³/mol. The van der Waals surface area contributed by atoms with Crippen molar-refractivity contribution in [3.05, 3.63) is 47.4 Å². The molecular weight excluding hydrogens is 280 g/mol. The van der Waals surface area contributed by atoms with Crippen molar-refractivity contribution in [1.29, 1.82) is 0 Å². The summed E-state index contributed by atoms with van der Waals surface area (Å²) in [6.45, 7) is 4.54. The summed E-state index contributed by atoms with van der Waals surface area (Å²) in [5, 5.41) is 2.80. The average molecular weight is 298 g/mol. The fourth-order valence-corrected chi connectivity index (χ4v) is 2.36. The number of nitrogens with two attached hydrogens (primary N) is 1. The van der Waals surface area contributed by atoms with E-state index in [1.54, 1.807) is 16.9 Å². The van der Waals surface area contributed by atoms with E-state index in [-0.39, 0.29) is 12.5 Å². The number of hydrogen-bond acceptors (Lipinski definition) is 4. The lowest BCUT2D eigenvalue weighted by Gasteiger charge is -2.08. The Morgan fingerprint density at radius 2 is 2.14 bits per heavy atom. The maximum absolute atomic E-state index is 12.1. The summed E-state index contributed by atoms with van der Waals surface area (Å²) in [4.78, 5) is 16.4. The second-order valence-corrected chi connectivity index (χ2v) is 5.34. The zero-order valence-electron chi connectivity index (χ0n) is 12.6. The zero-order chi connectivity index (χ0) is 15.7. The molecule has 0 spiro atoms. The molecule has 114 valence electrons. The van der Waals surface area contributed by atoms with Gasteiger partial charge in [-0.25, -0.2) is 4.98 Å². The summed E-state index contributed by atoms with van der Waals surface area (Å²) in [6, 6.07) is 7.59. The van der Waals surface area contributed by atoms with Crippen LogP contribution in [-0.4, -0.2) is 15.5 Å². The first-order valence-electron chi connectivity index (χ1n) is 7.06. The number of nitrogens with zero attached hydrogens (tertiary/aromatic N) is 2. The molecule has 0 aliphatic heterocycles. The third-order valence-corrected chi connectivity index (χ3v) is 3.73. The van der Waals surface area contributed by atoms with Gasteiger partial charge in [0.1, 0.15) is 12.3 Å². The highest BCUT2D eigenvalue weighted by Gasteiger charge is 2.13. The first-order valence-corrected chi connectivity index (χ1v) is 7.06. The number of anilines is 1. The number of nitrogens with one attached hydrogen (secondary N) is 1. The summed E-state index contributed by atoms with van der Waals surface area (Å²) in [6.07, 6.45) is 1.58. The number of furan rings is 1. The van der Waals surface area contributed by atoms with Crippen LogP contribution < -0.4 is 11.1 Å². The Kier molecular flexibility index (Phi) is 3.58. The van der Waals surface area contributed by atoms with Crippen LogP contribution in [0.3, 0.4) is 0 Å². The van der Waals surface area contributed by atoms with Crippen molar-refractivity contribution >= 4 is 22.9 Å². The third-order valence-electron chi connectivity index (χ3n) is 3.73. The Labute approximate surface area is 127 Å². The zero-order valence-corrected chi connectivity index (χ0v) is 12.6. The molecule has 0 bridgehead atoms. The van der Waals surface area contributed by atoms with Gasteiger partial charge in [0.15, 0.2) is 0 Å². The summed E-state index contributed by atoms with van der Waals surface area (Å²) in [5.41, 5.74) is 9.92. The normalized spacial score (nSPS) is 11.0. The molecule has 0 radical (unpaired) electrons. The molecule has 0 atom stereocenters. The molecule has 1 aromatic carbocycles. The van der Waals surface area contributed by atoms with Gasteiger partial charge in [0, 0.05) is 0 Å². The predicted octanol–water partition coefficient (Wildman–Crippen LogP) is 2.14. The number of fused-ring (bicyclic) bond motifs is 1. The number of carbonyl (C=O) groups excluding carboxylic acids is 1. The Bertz CT molecular complexity index is 818. The molecule has 6 heteroatoms. The average Bonchev–Trinajstić information content (AvgIpc) is 3.08. The van der Waals surface area contributed by atoms with Crippen LogP contribution in [-0.2, 0) is 17.9 Å². The Morgan fingerprint density at radius 3 is 2.86 bits per heavy atom. The molecule has 1 amide bonds. The molecule has 0 saturated carbocycles. The van der Waals surface area contributed by atoms with Gasteiger partial charge in [-0.15, -0.1) is 0 Å². The number of aryl methyl sites for hydroxylation is 2. The van der Waals surface area contributed by atoms with Gasteiger partial charge in [-0.2, -0.15) is 0 Å². The fourth-order valence-electron chi connectivity index (χ4n) is 2.36. The topological polar surface area (TPSA) is 86.1 Å². The molecule has 22 heavy (non-hydrogen) atoms. The minimum atomic E-state index is -0.138. The van der Waals surface area contributed by atoms with Crippen molar-refractivity contribution in [2.75, 3.05) is 5.73 Å². The summed E-state index contributed by atoms with van der Waals surface area (Å²) >= 11 is 0. The van der Waals surface area contributed by atoms with Crippen molar-refractivity contribution in [2.45, 2.75) is 26.9 Å². The van der Waals surface area contributed by atoms with Crippen LogP contribution in [0.2, 0.25) is 0 Å². The fraction of sp³-hybridized carbons (Fsp3) is 0.250. The molecule has 3 aromatic rings. The van der Waals surface area contributed by atoms with E-state index in [2.05, 4.69) is 10.3 Å². The highest BCUT2D eigenvalue weighted by Crippen LogP contribution is 2.21. The Morgan fingerprint density at radius 1 is 1.36 bits per heavy atom. The second kappa shape index (κ2) is 5.55. The van der Waals surface area contributed by atoms with Crippen LogP contribution in [0.15, 0.2) is 34.9 Å². The van der Waals surface area contributed by atoms with Gasteiger partial charge in [-0.05, 0) is 49.2 Å². The van der Waals surface area contributed by atoms with E-state index in [1.165, 1.54) is 0 Å². The summed E-state index contributed by atoms with van der Waals surface area (Å²) in [5.74, 6) is 0.914. The first kappa shape index (κ1) is 14.2. The molecule has 2 aromatic heterocycles. The molecule has 0 fully saturated rings. The highest BCUT2D eigenvalue weighted by molar-refractivity contribution is 5.83. The lowest BCUT2D eigenvalue weighted by Crippen LogP contribution is -2.27. The molecule has 0 aliphatic carbocycles. The molecule has 2 heterocycles. The minimum absolute atomic E-state index is 0.130. The second-order valence-electron chi connectivity index (χ2n) is 5.34. The number of carbonyl (C=O) groups is 1. The van der Waals surface area contributed by atoms with E-state index in [0.717, 1.165) is 22.2 Å². The molecule has 0 unspecified atom stereocenters. The SMILES string of the molecule is Cc1cc2nc(N)n(CC(=O)NCc3ccco3)c2cc1C. The number of nitrogen functional groups attached to an aromatic ring is 1. The van der Waals surface area contributed by atoms with Crippen LogP contribution in [0.25, 0.3) is 11.0 Å². The summed E-state index contributed by atoms with van der Waals surface area (Å²) in [7, 11) is 0. The molecule has 3 N–H and O–H groups in total. The van der Waals surface area contributed by atoms with E-state index < -0.39 is 0 Å². The van der Waals surface area contributed by atoms with E-state index >= 15 is 0 Å². The van der Waals surface area contributed by atoms with E-state index in [1.807, 2.05) is 32.0 Å². The van der Waals surface area contributed by atoms with Crippen LogP contribution in [0.5, 0.6) is 0 Å². The monoisotopic (exact) mass is 298 g/mol. The Balaban J connectivity index is 1.79. The van der Waals surface area contributed by atoms with Gasteiger partial charge in [-0.1, -0.05) is 0 Å². The van der Waals surface area contributed by atoms with Gasteiger partial charge in [-0.3, -0.25) is 4.79 Å². The molecule has 6 nitrogen and oxygen atoms in total. The molecular formula is C16H18N4O2. The quantitative estimate of drug-likeness (QED) is 0.772. The van der Waals surface area contributed by atoms with E-state index in [9.17, 15) is 4.79 Å². The molecule has 0 saturated heterocycles. The lowest BCUT2D eigenvalue weighted by atomic mass is 10.1. The number of imidazole rings is 1. The van der Waals surface area contributed by atoms with Crippen LogP contribution >= 0.6 is 0 Å². The first-order chi connectivity index (χ1) is 10.5. The van der Waals surface area contributed by atoms with Crippen molar-refractivity contribution in [2.24, 2.45) is 0 Å². The van der Waals surface area contributed by atoms with Crippen molar-refractivity contribution in [3.8, 4) is 0 Å². The van der Waals surface area contributed by atoms with Crippen LogP contribution in [0, 0.1) is 13.8 Å². The van der Waals surface area contributed by atoms with Crippen LogP contribution in [0.1, 0.15) is 16.9 Å². The van der Waals surface area contributed by atoms with Gasteiger partial charge in [0.25, 0.3) is 0 Å². The van der Waals surface area contributed by atoms with Crippen molar-refractivity contribution < 1.29 is 9.21 Å². The summed E-state index contributed by atoms with van der Waals surface area (Å²) < 4.78 is 6.90. The smallest absolute Gasteiger partial charge is 0.240 e. The standard InChI is InChI=1S/C16H18N4O2/c1-10-6-13-14(7-11(10)2)20(16(17)19-13)9-15(21)18-8-12-4-3-5-22-12/h3-7H,8-9H2,1-2H3,(H2,17,19)(H,18,21). The lowest BCUT2D eigenvalue weighted by molar-refractivity contribution is -0.121.